The Morgan fingerprint density at radius 3 is 1.84 bits per heavy atom. The summed E-state index contributed by atoms with van der Waals surface area (Å²) in [6, 6.07) is 21.7. The number of benzene rings is 2. The summed E-state index contributed by atoms with van der Waals surface area (Å²) in [6.45, 7) is 3.36. The van der Waals surface area contributed by atoms with Crippen molar-refractivity contribution < 1.29 is 0 Å². The molecule has 0 amide bonds. The highest BCUT2D eigenvalue weighted by molar-refractivity contribution is 5.31. The first-order valence-corrected chi connectivity index (χ1v) is 6.97. The number of hydrogen-bond donors (Lipinski definition) is 2. The lowest BCUT2D eigenvalue weighted by molar-refractivity contribution is 0.324. The van der Waals surface area contributed by atoms with E-state index >= 15 is 0 Å². The maximum absolute atomic E-state index is 3.71. The van der Waals surface area contributed by atoms with Crippen LogP contribution in [-0.2, 0) is 0 Å². The summed E-state index contributed by atoms with van der Waals surface area (Å²) in [6.07, 6.45) is 0. The summed E-state index contributed by atoms with van der Waals surface area (Å²) in [4.78, 5) is 0. The fourth-order valence-corrected chi connectivity index (χ4v) is 2.50. The van der Waals surface area contributed by atoms with Crippen LogP contribution in [0, 0.1) is 5.92 Å². The van der Waals surface area contributed by atoms with Gasteiger partial charge in [0.2, 0.25) is 0 Å². The van der Waals surface area contributed by atoms with E-state index in [1.165, 1.54) is 11.1 Å². The second-order valence-corrected chi connectivity index (χ2v) is 5.19. The van der Waals surface area contributed by atoms with Gasteiger partial charge >= 0.3 is 0 Å². The van der Waals surface area contributed by atoms with E-state index in [-0.39, 0.29) is 0 Å². The first-order chi connectivity index (χ1) is 9.43. The van der Waals surface area contributed by atoms with Gasteiger partial charge < -0.3 is 10.6 Å². The van der Waals surface area contributed by atoms with Gasteiger partial charge in [0.25, 0.3) is 0 Å². The van der Waals surface area contributed by atoms with Crippen molar-refractivity contribution in [3.63, 3.8) is 0 Å². The van der Waals surface area contributed by atoms with Crippen molar-refractivity contribution in [1.29, 1.82) is 0 Å². The topological polar surface area (TPSA) is 24.1 Å². The number of rotatable bonds is 5. The van der Waals surface area contributed by atoms with Crippen LogP contribution in [0.1, 0.15) is 17.2 Å². The molecule has 0 bridgehead atoms. The monoisotopic (exact) mass is 252 g/mol. The van der Waals surface area contributed by atoms with Crippen molar-refractivity contribution in [2.75, 3.05) is 19.6 Å². The van der Waals surface area contributed by atoms with Gasteiger partial charge in [0.1, 0.15) is 0 Å². The first kappa shape index (κ1) is 12.4. The Bertz CT molecular complexity index is 452. The highest BCUT2D eigenvalue weighted by Crippen LogP contribution is 2.22. The molecule has 98 valence electrons. The molecule has 0 saturated carbocycles. The molecule has 19 heavy (non-hydrogen) atoms. The molecule has 2 heteroatoms. The molecule has 0 radical (unpaired) electrons. The Morgan fingerprint density at radius 2 is 1.42 bits per heavy atom. The second-order valence-electron chi connectivity index (χ2n) is 5.19. The third kappa shape index (κ3) is 3.03. The summed E-state index contributed by atoms with van der Waals surface area (Å²) in [5.74, 6) is 0.773. The molecule has 0 aromatic heterocycles. The van der Waals surface area contributed by atoms with E-state index in [9.17, 15) is 0 Å². The lowest BCUT2D eigenvalue weighted by atomic mass is 9.97. The molecule has 0 spiro atoms. The summed E-state index contributed by atoms with van der Waals surface area (Å²) in [7, 11) is 0. The predicted molar refractivity (Wildman–Crippen MR) is 79.1 cm³/mol. The fourth-order valence-electron chi connectivity index (χ4n) is 2.50. The lowest BCUT2D eigenvalue weighted by Crippen LogP contribution is -2.47. The fraction of sp³-hybridized carbons (Fsp3) is 0.294. The Labute approximate surface area is 114 Å². The number of nitrogens with one attached hydrogen (secondary N) is 2. The zero-order chi connectivity index (χ0) is 12.9. The van der Waals surface area contributed by atoms with E-state index in [0.717, 1.165) is 25.6 Å². The largest absolute Gasteiger partial charge is 0.316 e. The normalized spacial score (nSPS) is 15.4. The van der Waals surface area contributed by atoms with Gasteiger partial charge in [-0.3, -0.25) is 0 Å². The average Bonchev–Trinajstić information content (AvgIpc) is 2.43. The summed E-state index contributed by atoms with van der Waals surface area (Å²) in [5.41, 5.74) is 2.67. The van der Waals surface area contributed by atoms with Crippen molar-refractivity contribution in [1.82, 2.24) is 10.6 Å². The molecule has 0 atom stereocenters. The van der Waals surface area contributed by atoms with Crippen LogP contribution < -0.4 is 10.6 Å². The van der Waals surface area contributed by atoms with Crippen LogP contribution in [0.3, 0.4) is 0 Å². The molecule has 2 aromatic rings. The average molecular weight is 252 g/mol. The predicted octanol–water partition coefficient (Wildman–Crippen LogP) is 2.59. The third-order valence-corrected chi connectivity index (χ3v) is 3.74. The van der Waals surface area contributed by atoms with Crippen LogP contribution in [0.4, 0.5) is 0 Å². The van der Waals surface area contributed by atoms with Gasteiger partial charge in [-0.05, 0) is 17.0 Å². The summed E-state index contributed by atoms with van der Waals surface area (Å²) < 4.78 is 0. The Hall–Kier alpha value is -1.64. The van der Waals surface area contributed by atoms with Gasteiger partial charge in [0.15, 0.2) is 0 Å². The lowest BCUT2D eigenvalue weighted by Gasteiger charge is -2.30. The van der Waals surface area contributed by atoms with E-state index in [0.29, 0.717) is 6.04 Å². The standard InChI is InChI=1S/C17H20N2/c1-3-7-15(8-4-1)17(16-9-5-2-6-10-16)19-13-14-11-18-12-14/h1-10,14,17-19H,11-13H2. The molecule has 2 nitrogen and oxygen atoms in total. The summed E-state index contributed by atoms with van der Waals surface area (Å²) in [5, 5.41) is 7.04. The van der Waals surface area contributed by atoms with E-state index in [1.54, 1.807) is 0 Å². The first-order valence-electron chi connectivity index (χ1n) is 6.97. The minimum atomic E-state index is 0.294. The molecule has 1 saturated heterocycles. The maximum atomic E-state index is 3.71. The van der Waals surface area contributed by atoms with Crippen molar-refractivity contribution in [2.24, 2.45) is 5.92 Å². The molecule has 1 aliphatic heterocycles. The highest BCUT2D eigenvalue weighted by atomic mass is 15.0. The maximum Gasteiger partial charge on any atom is 0.0576 e. The Kier molecular flexibility index (Phi) is 3.92. The molecule has 1 fully saturated rings. The molecule has 3 rings (SSSR count). The molecular weight excluding hydrogens is 232 g/mol. The van der Waals surface area contributed by atoms with Gasteiger partial charge in [-0.2, -0.15) is 0 Å². The zero-order valence-corrected chi connectivity index (χ0v) is 11.0. The third-order valence-electron chi connectivity index (χ3n) is 3.74. The highest BCUT2D eigenvalue weighted by Gasteiger charge is 2.19. The molecule has 2 N–H and O–H groups in total. The van der Waals surface area contributed by atoms with Gasteiger partial charge in [-0.25, -0.2) is 0 Å². The van der Waals surface area contributed by atoms with Gasteiger partial charge in [-0.15, -0.1) is 0 Å². The summed E-state index contributed by atoms with van der Waals surface area (Å²) >= 11 is 0. The van der Waals surface area contributed by atoms with Crippen LogP contribution >= 0.6 is 0 Å². The SMILES string of the molecule is c1ccc(C(NCC2CNC2)c2ccccc2)cc1. The van der Waals surface area contributed by atoms with Crippen molar-refractivity contribution in [3.8, 4) is 0 Å². The molecule has 0 unspecified atom stereocenters. The minimum absolute atomic E-state index is 0.294. The van der Waals surface area contributed by atoms with E-state index in [2.05, 4.69) is 71.3 Å². The Morgan fingerprint density at radius 1 is 0.895 bits per heavy atom. The molecule has 0 aliphatic carbocycles. The van der Waals surface area contributed by atoms with E-state index < -0.39 is 0 Å². The van der Waals surface area contributed by atoms with Crippen LogP contribution in [0.2, 0.25) is 0 Å². The minimum Gasteiger partial charge on any atom is -0.316 e. The van der Waals surface area contributed by atoms with Gasteiger partial charge in [0, 0.05) is 19.6 Å². The van der Waals surface area contributed by atoms with Gasteiger partial charge in [-0.1, -0.05) is 60.7 Å². The molecule has 2 aromatic carbocycles. The molecule has 1 aliphatic rings. The molecular formula is C17H20N2. The molecule has 1 heterocycles. The van der Waals surface area contributed by atoms with E-state index in [4.69, 9.17) is 0 Å². The van der Waals surface area contributed by atoms with Crippen molar-refractivity contribution in [3.05, 3.63) is 71.8 Å². The second kappa shape index (κ2) is 6.00. The van der Waals surface area contributed by atoms with Crippen LogP contribution in [-0.4, -0.2) is 19.6 Å². The smallest absolute Gasteiger partial charge is 0.0576 e. The van der Waals surface area contributed by atoms with Crippen LogP contribution in [0.15, 0.2) is 60.7 Å². The quantitative estimate of drug-likeness (QED) is 0.854. The van der Waals surface area contributed by atoms with Crippen LogP contribution in [0.25, 0.3) is 0 Å². The zero-order valence-electron chi connectivity index (χ0n) is 11.0. The van der Waals surface area contributed by atoms with Crippen LogP contribution in [0.5, 0.6) is 0 Å². The Balaban J connectivity index is 1.78. The number of hydrogen-bond acceptors (Lipinski definition) is 2. The van der Waals surface area contributed by atoms with Crippen molar-refractivity contribution >= 4 is 0 Å². The van der Waals surface area contributed by atoms with Gasteiger partial charge in [0.05, 0.1) is 6.04 Å². The van der Waals surface area contributed by atoms with E-state index in [1.807, 2.05) is 0 Å². The van der Waals surface area contributed by atoms with Crippen molar-refractivity contribution in [2.45, 2.75) is 6.04 Å².